The van der Waals surface area contributed by atoms with Crippen LogP contribution in [0.5, 0.6) is 0 Å². The van der Waals surface area contributed by atoms with E-state index in [4.69, 9.17) is 0 Å². The van der Waals surface area contributed by atoms with E-state index >= 15 is 0 Å². The Morgan fingerprint density at radius 3 is 2.74 bits per heavy atom. The second kappa shape index (κ2) is 8.36. The summed E-state index contributed by atoms with van der Waals surface area (Å²) in [5.74, 6) is 1.08. The molecule has 0 spiro atoms. The molecule has 0 aliphatic heterocycles. The third kappa shape index (κ3) is 4.95. The van der Waals surface area contributed by atoms with Crippen LogP contribution in [0.25, 0.3) is 0 Å². The minimum Gasteiger partial charge on any atom is -0.393 e. The average molecular weight is 365 g/mol. The molecule has 3 N–H and O–H groups in total. The summed E-state index contributed by atoms with van der Waals surface area (Å²) in [6.07, 6.45) is 4.59. The quantitative estimate of drug-likeness (QED) is 0.727. The molecule has 1 saturated carbocycles. The van der Waals surface area contributed by atoms with Crippen molar-refractivity contribution < 1.29 is 5.11 Å². The summed E-state index contributed by atoms with van der Waals surface area (Å²) in [6, 6.07) is 12.6. The van der Waals surface area contributed by atoms with E-state index in [-0.39, 0.29) is 17.6 Å². The number of aliphatic hydroxyl groups excluding tert-OH is 1. The molecule has 1 aromatic carbocycles. The Labute approximate surface area is 160 Å². The van der Waals surface area contributed by atoms with Crippen LogP contribution >= 0.6 is 0 Å². The molecule has 0 amide bonds. The number of hydrogen-bond acceptors (Lipinski definition) is 6. The molecule has 2 atom stereocenters. The molecule has 6 nitrogen and oxygen atoms in total. The smallest absolute Gasteiger partial charge is 0.224 e. The number of aliphatic hydroxyl groups is 1. The lowest BCUT2D eigenvalue weighted by atomic mass is 9.73. The fraction of sp³-hybridized carbons (Fsp3) is 0.476. The van der Waals surface area contributed by atoms with E-state index in [1.807, 2.05) is 18.2 Å². The van der Waals surface area contributed by atoms with Crippen molar-refractivity contribution in [1.82, 2.24) is 9.97 Å². The van der Waals surface area contributed by atoms with Gasteiger partial charge in [-0.05, 0) is 36.7 Å². The number of anilines is 2. The Morgan fingerprint density at radius 1 is 1.26 bits per heavy atom. The van der Waals surface area contributed by atoms with Gasteiger partial charge in [0.25, 0.3) is 0 Å². The van der Waals surface area contributed by atoms with Crippen molar-refractivity contribution in [2.45, 2.75) is 51.7 Å². The SMILES string of the molecule is CC1(C)C[C@H](Nc2nc(NCCc3ccccc3)ncc2C#N)CC[C@@H]1O. The first-order valence-electron chi connectivity index (χ1n) is 9.47. The average Bonchev–Trinajstić information content (AvgIpc) is 2.66. The van der Waals surface area contributed by atoms with Crippen molar-refractivity contribution in [2.75, 3.05) is 17.2 Å². The highest BCUT2D eigenvalue weighted by molar-refractivity contribution is 5.54. The van der Waals surface area contributed by atoms with Crippen LogP contribution in [-0.2, 0) is 6.42 Å². The molecule has 27 heavy (non-hydrogen) atoms. The third-order valence-electron chi connectivity index (χ3n) is 5.25. The Hall–Kier alpha value is -2.65. The summed E-state index contributed by atoms with van der Waals surface area (Å²) >= 11 is 0. The Balaban J connectivity index is 1.64. The van der Waals surface area contributed by atoms with E-state index in [0.29, 0.717) is 17.3 Å². The fourth-order valence-electron chi connectivity index (χ4n) is 3.56. The molecule has 0 bridgehead atoms. The maximum atomic E-state index is 10.1. The van der Waals surface area contributed by atoms with Crippen LogP contribution < -0.4 is 10.6 Å². The maximum Gasteiger partial charge on any atom is 0.224 e. The summed E-state index contributed by atoms with van der Waals surface area (Å²) in [5, 5.41) is 26.2. The monoisotopic (exact) mass is 365 g/mol. The van der Waals surface area contributed by atoms with Crippen LogP contribution in [-0.4, -0.2) is 33.8 Å². The minimum absolute atomic E-state index is 0.146. The van der Waals surface area contributed by atoms with Gasteiger partial charge in [-0.15, -0.1) is 0 Å². The molecule has 1 fully saturated rings. The topological polar surface area (TPSA) is 93.9 Å². The third-order valence-corrected chi connectivity index (χ3v) is 5.25. The lowest BCUT2D eigenvalue weighted by molar-refractivity contribution is 0.00926. The van der Waals surface area contributed by atoms with Crippen molar-refractivity contribution in [1.29, 1.82) is 5.26 Å². The van der Waals surface area contributed by atoms with Crippen LogP contribution in [0, 0.1) is 16.7 Å². The van der Waals surface area contributed by atoms with Crippen LogP contribution in [0.2, 0.25) is 0 Å². The van der Waals surface area contributed by atoms with Gasteiger partial charge in [0, 0.05) is 12.6 Å². The second-order valence-corrected chi connectivity index (χ2v) is 7.86. The number of nitrogens with one attached hydrogen (secondary N) is 2. The van der Waals surface area contributed by atoms with Gasteiger partial charge in [0.2, 0.25) is 5.95 Å². The molecule has 1 heterocycles. The van der Waals surface area contributed by atoms with E-state index in [0.717, 1.165) is 32.2 Å². The zero-order chi connectivity index (χ0) is 19.3. The molecule has 142 valence electrons. The van der Waals surface area contributed by atoms with E-state index in [1.165, 1.54) is 5.56 Å². The standard InChI is InChI=1S/C21H27N5O/c1-21(2)12-17(8-9-18(21)27)25-19-16(13-22)14-24-20(26-19)23-11-10-15-6-4-3-5-7-15/h3-7,14,17-18,27H,8-12H2,1-2H3,(H2,23,24,25,26)/t17-,18+/m1/s1. The fourth-order valence-corrected chi connectivity index (χ4v) is 3.56. The van der Waals surface area contributed by atoms with Gasteiger partial charge in [0.15, 0.2) is 0 Å². The van der Waals surface area contributed by atoms with Crippen molar-refractivity contribution in [3.63, 3.8) is 0 Å². The highest BCUT2D eigenvalue weighted by atomic mass is 16.3. The molecular formula is C21H27N5O. The molecule has 0 unspecified atom stereocenters. The number of nitrogens with zero attached hydrogens (tertiary/aromatic N) is 3. The van der Waals surface area contributed by atoms with Gasteiger partial charge in [-0.25, -0.2) is 4.98 Å². The predicted octanol–water partition coefficient (Wildman–Crippen LogP) is 3.35. The van der Waals surface area contributed by atoms with Gasteiger partial charge in [0.1, 0.15) is 17.5 Å². The minimum atomic E-state index is -0.286. The first-order valence-corrected chi connectivity index (χ1v) is 9.47. The zero-order valence-corrected chi connectivity index (χ0v) is 15.9. The van der Waals surface area contributed by atoms with Gasteiger partial charge in [-0.2, -0.15) is 10.2 Å². The molecule has 1 aliphatic rings. The van der Waals surface area contributed by atoms with Gasteiger partial charge >= 0.3 is 0 Å². The Morgan fingerprint density at radius 2 is 2.04 bits per heavy atom. The van der Waals surface area contributed by atoms with Crippen LogP contribution in [0.15, 0.2) is 36.5 Å². The van der Waals surface area contributed by atoms with Crippen molar-refractivity contribution >= 4 is 11.8 Å². The highest BCUT2D eigenvalue weighted by Gasteiger charge is 2.35. The molecule has 6 heteroatoms. The molecule has 0 radical (unpaired) electrons. The van der Waals surface area contributed by atoms with Crippen LogP contribution in [0.3, 0.4) is 0 Å². The van der Waals surface area contributed by atoms with Crippen molar-refractivity contribution in [2.24, 2.45) is 5.41 Å². The Bertz CT molecular complexity index is 800. The lowest BCUT2D eigenvalue weighted by Crippen LogP contribution is -2.41. The largest absolute Gasteiger partial charge is 0.393 e. The first kappa shape index (κ1) is 19.1. The molecule has 0 saturated heterocycles. The normalized spacial score (nSPS) is 21.3. The van der Waals surface area contributed by atoms with E-state index < -0.39 is 0 Å². The number of aromatic nitrogens is 2. The van der Waals surface area contributed by atoms with Crippen molar-refractivity contribution in [3.8, 4) is 6.07 Å². The highest BCUT2D eigenvalue weighted by Crippen LogP contribution is 2.36. The number of hydrogen-bond donors (Lipinski definition) is 3. The first-order chi connectivity index (χ1) is 13.0. The number of rotatable bonds is 6. The van der Waals surface area contributed by atoms with Gasteiger partial charge in [-0.3, -0.25) is 0 Å². The summed E-state index contributed by atoms with van der Waals surface area (Å²) in [7, 11) is 0. The molecular weight excluding hydrogens is 338 g/mol. The van der Waals surface area contributed by atoms with Crippen LogP contribution in [0.4, 0.5) is 11.8 Å². The summed E-state index contributed by atoms with van der Waals surface area (Å²) < 4.78 is 0. The number of benzene rings is 1. The summed E-state index contributed by atoms with van der Waals surface area (Å²) in [6.45, 7) is 4.87. The zero-order valence-electron chi connectivity index (χ0n) is 15.9. The number of nitriles is 1. The molecule has 1 aromatic heterocycles. The lowest BCUT2D eigenvalue weighted by Gasteiger charge is -2.40. The van der Waals surface area contributed by atoms with E-state index in [1.54, 1.807) is 6.20 Å². The van der Waals surface area contributed by atoms with E-state index in [9.17, 15) is 10.4 Å². The molecule has 3 rings (SSSR count). The maximum absolute atomic E-state index is 10.1. The Kier molecular flexibility index (Phi) is 5.92. The summed E-state index contributed by atoms with van der Waals surface area (Å²) in [5.41, 5.74) is 1.54. The molecule has 1 aliphatic carbocycles. The summed E-state index contributed by atoms with van der Waals surface area (Å²) in [4.78, 5) is 8.77. The van der Waals surface area contributed by atoms with Crippen LogP contribution in [0.1, 0.15) is 44.2 Å². The van der Waals surface area contributed by atoms with Gasteiger partial charge in [0.05, 0.1) is 12.3 Å². The predicted molar refractivity (Wildman–Crippen MR) is 106 cm³/mol. The van der Waals surface area contributed by atoms with Gasteiger partial charge < -0.3 is 15.7 Å². The molecule has 2 aromatic rings. The van der Waals surface area contributed by atoms with Crippen molar-refractivity contribution in [3.05, 3.63) is 47.7 Å². The van der Waals surface area contributed by atoms with Gasteiger partial charge in [-0.1, -0.05) is 44.2 Å². The second-order valence-electron chi connectivity index (χ2n) is 7.86. The van der Waals surface area contributed by atoms with E-state index in [2.05, 4.69) is 52.7 Å².